The van der Waals surface area contributed by atoms with E-state index in [1.807, 2.05) is 6.92 Å². The van der Waals surface area contributed by atoms with Crippen molar-refractivity contribution in [3.8, 4) is 0 Å². The third-order valence-electron chi connectivity index (χ3n) is 2.92. The molecule has 3 amide bonds. The van der Waals surface area contributed by atoms with E-state index >= 15 is 0 Å². The first-order valence-corrected chi connectivity index (χ1v) is 7.21. The van der Waals surface area contributed by atoms with E-state index in [1.165, 1.54) is 6.42 Å². The molecule has 0 radical (unpaired) electrons. The minimum Gasteiger partial charge on any atom is -0.338 e. The van der Waals surface area contributed by atoms with Crippen molar-refractivity contribution in [1.29, 1.82) is 0 Å². The van der Waals surface area contributed by atoms with Gasteiger partial charge in [0.15, 0.2) is 0 Å². The lowest BCUT2D eigenvalue weighted by Gasteiger charge is -2.19. The molecule has 0 saturated heterocycles. The van der Waals surface area contributed by atoms with E-state index in [2.05, 4.69) is 36.7 Å². The molecule has 2 unspecified atom stereocenters. The van der Waals surface area contributed by atoms with E-state index in [9.17, 15) is 9.59 Å². The number of hydrogen-bond donors (Lipinski definition) is 3. The van der Waals surface area contributed by atoms with E-state index < -0.39 is 6.03 Å². The highest BCUT2D eigenvalue weighted by molar-refractivity contribution is 5.96. The fraction of sp³-hybridized carbons (Fsp3) is 0.857. The zero-order chi connectivity index (χ0) is 14.8. The molecular weight excluding hydrogens is 242 g/mol. The maximum absolute atomic E-state index is 11.7. The van der Waals surface area contributed by atoms with Crippen LogP contribution in [-0.4, -0.2) is 30.6 Å². The lowest BCUT2D eigenvalue weighted by molar-refractivity contribution is -0.121. The average Bonchev–Trinajstić information content (AvgIpc) is 2.28. The number of carbonyl (C=O) groups excluding carboxylic acids is 2. The summed E-state index contributed by atoms with van der Waals surface area (Å²) in [4.78, 5) is 22.9. The zero-order valence-corrected chi connectivity index (χ0v) is 12.9. The van der Waals surface area contributed by atoms with E-state index in [4.69, 9.17) is 0 Å². The van der Waals surface area contributed by atoms with Crippen molar-refractivity contribution in [2.24, 2.45) is 5.92 Å². The van der Waals surface area contributed by atoms with Crippen molar-refractivity contribution in [2.75, 3.05) is 6.54 Å². The van der Waals surface area contributed by atoms with Crippen LogP contribution >= 0.6 is 0 Å². The van der Waals surface area contributed by atoms with Crippen molar-refractivity contribution < 1.29 is 9.59 Å². The second-order valence-electron chi connectivity index (χ2n) is 5.46. The fourth-order valence-electron chi connectivity index (χ4n) is 1.84. The van der Waals surface area contributed by atoms with E-state index in [1.54, 1.807) is 6.92 Å². The van der Waals surface area contributed by atoms with Crippen LogP contribution in [0.3, 0.4) is 0 Å². The molecule has 0 aliphatic rings. The highest BCUT2D eigenvalue weighted by atomic mass is 16.2. The van der Waals surface area contributed by atoms with Gasteiger partial charge in [-0.2, -0.15) is 0 Å². The molecule has 0 heterocycles. The van der Waals surface area contributed by atoms with Crippen LogP contribution < -0.4 is 16.0 Å². The molecule has 0 bridgehead atoms. The van der Waals surface area contributed by atoms with Crippen molar-refractivity contribution in [1.82, 2.24) is 16.0 Å². The van der Waals surface area contributed by atoms with Crippen LogP contribution in [0, 0.1) is 5.92 Å². The largest absolute Gasteiger partial charge is 0.338 e. The van der Waals surface area contributed by atoms with Gasteiger partial charge in [0.25, 0.3) is 0 Å². The summed E-state index contributed by atoms with van der Waals surface area (Å²) >= 11 is 0. The van der Waals surface area contributed by atoms with Gasteiger partial charge in [-0.25, -0.2) is 4.79 Å². The van der Waals surface area contributed by atoms with Crippen molar-refractivity contribution in [3.05, 3.63) is 0 Å². The average molecular weight is 271 g/mol. The van der Waals surface area contributed by atoms with Crippen LogP contribution in [0.15, 0.2) is 0 Å². The number of carbonyl (C=O) groups is 2. The van der Waals surface area contributed by atoms with E-state index in [0.717, 1.165) is 12.8 Å². The second-order valence-corrected chi connectivity index (χ2v) is 5.46. The van der Waals surface area contributed by atoms with Gasteiger partial charge in [0.1, 0.15) is 0 Å². The molecule has 19 heavy (non-hydrogen) atoms. The predicted molar refractivity (Wildman–Crippen MR) is 78.0 cm³/mol. The zero-order valence-electron chi connectivity index (χ0n) is 12.9. The Morgan fingerprint density at radius 3 is 2.21 bits per heavy atom. The highest BCUT2D eigenvalue weighted by Crippen LogP contribution is 2.08. The van der Waals surface area contributed by atoms with Crippen LogP contribution in [0.2, 0.25) is 0 Å². The standard InChI is InChI=1S/C14H29N3O2/c1-6-15-14(19)17-13(18)12(5)16-11(4)9-7-8-10(2)3/h10-12,16H,6-9H2,1-5H3,(H2,15,17,18,19). The Bertz CT molecular complexity index is 280. The van der Waals surface area contributed by atoms with Gasteiger partial charge in [-0.3, -0.25) is 10.1 Å². The topological polar surface area (TPSA) is 70.2 Å². The van der Waals surface area contributed by atoms with Gasteiger partial charge in [-0.05, 0) is 33.1 Å². The van der Waals surface area contributed by atoms with Crippen LogP contribution in [0.5, 0.6) is 0 Å². The summed E-state index contributed by atoms with van der Waals surface area (Å²) in [6.45, 7) is 10.6. The maximum atomic E-state index is 11.7. The number of nitrogens with one attached hydrogen (secondary N) is 3. The number of imide groups is 1. The monoisotopic (exact) mass is 271 g/mol. The Hall–Kier alpha value is -1.10. The van der Waals surface area contributed by atoms with Gasteiger partial charge in [-0.1, -0.05) is 26.7 Å². The summed E-state index contributed by atoms with van der Waals surface area (Å²) in [5, 5.41) is 8.05. The van der Waals surface area contributed by atoms with Crippen molar-refractivity contribution in [3.63, 3.8) is 0 Å². The minimum absolute atomic E-state index is 0.272. The molecule has 5 nitrogen and oxygen atoms in total. The van der Waals surface area contributed by atoms with Crippen LogP contribution in [0.1, 0.15) is 53.9 Å². The summed E-state index contributed by atoms with van der Waals surface area (Å²) in [6, 6.07) is -0.529. The molecule has 3 N–H and O–H groups in total. The molecule has 0 fully saturated rings. The van der Waals surface area contributed by atoms with Gasteiger partial charge < -0.3 is 10.6 Å². The SMILES string of the molecule is CCNC(=O)NC(=O)C(C)NC(C)CCCC(C)C. The van der Waals surface area contributed by atoms with Gasteiger partial charge >= 0.3 is 6.03 Å². The molecule has 0 rings (SSSR count). The molecule has 0 spiro atoms. The fourth-order valence-corrected chi connectivity index (χ4v) is 1.84. The predicted octanol–water partition coefficient (Wildman–Crippen LogP) is 2.02. The Balaban J connectivity index is 3.90. The van der Waals surface area contributed by atoms with Gasteiger partial charge in [-0.15, -0.1) is 0 Å². The molecule has 112 valence electrons. The summed E-state index contributed by atoms with van der Waals surface area (Å²) in [5.41, 5.74) is 0. The smallest absolute Gasteiger partial charge is 0.321 e. The first-order valence-electron chi connectivity index (χ1n) is 7.21. The number of hydrogen-bond acceptors (Lipinski definition) is 3. The van der Waals surface area contributed by atoms with Crippen LogP contribution in [0.25, 0.3) is 0 Å². The van der Waals surface area contributed by atoms with Gasteiger partial charge in [0, 0.05) is 12.6 Å². The number of urea groups is 1. The summed E-state index contributed by atoms with van der Waals surface area (Å²) < 4.78 is 0. The molecule has 0 aromatic heterocycles. The summed E-state index contributed by atoms with van der Waals surface area (Å²) in [7, 11) is 0. The third kappa shape index (κ3) is 9.47. The number of amides is 3. The van der Waals surface area contributed by atoms with Crippen molar-refractivity contribution in [2.45, 2.75) is 66.0 Å². The Labute approximate surface area is 116 Å². The Morgan fingerprint density at radius 2 is 1.68 bits per heavy atom. The first kappa shape index (κ1) is 17.9. The normalized spacial score (nSPS) is 14.0. The first-order chi connectivity index (χ1) is 8.86. The van der Waals surface area contributed by atoms with Crippen molar-refractivity contribution >= 4 is 11.9 Å². The number of rotatable bonds is 8. The molecule has 0 aliphatic carbocycles. The van der Waals surface area contributed by atoms with E-state index in [0.29, 0.717) is 12.5 Å². The minimum atomic E-state index is -0.436. The molecule has 5 heteroatoms. The molecular formula is C14H29N3O2. The third-order valence-corrected chi connectivity index (χ3v) is 2.92. The second kappa shape index (κ2) is 9.78. The quantitative estimate of drug-likeness (QED) is 0.632. The lowest BCUT2D eigenvalue weighted by atomic mass is 10.0. The van der Waals surface area contributed by atoms with Crippen LogP contribution in [-0.2, 0) is 4.79 Å². The summed E-state index contributed by atoms with van der Waals surface area (Å²) in [5.74, 6) is 0.423. The van der Waals surface area contributed by atoms with E-state index in [-0.39, 0.29) is 18.0 Å². The van der Waals surface area contributed by atoms with Gasteiger partial charge in [0.2, 0.25) is 5.91 Å². The van der Waals surface area contributed by atoms with Crippen LogP contribution in [0.4, 0.5) is 4.79 Å². The molecule has 0 aliphatic heterocycles. The maximum Gasteiger partial charge on any atom is 0.321 e. The Morgan fingerprint density at radius 1 is 1.05 bits per heavy atom. The summed E-state index contributed by atoms with van der Waals surface area (Å²) in [6.07, 6.45) is 3.39. The Kier molecular flexibility index (Phi) is 9.21. The van der Waals surface area contributed by atoms with Gasteiger partial charge in [0.05, 0.1) is 6.04 Å². The highest BCUT2D eigenvalue weighted by Gasteiger charge is 2.17. The lowest BCUT2D eigenvalue weighted by Crippen LogP contribution is -2.50. The molecule has 0 saturated carbocycles. The molecule has 2 atom stereocenters. The molecule has 0 aromatic rings. The molecule has 0 aromatic carbocycles.